The number of rotatable bonds is 6. The first-order valence-corrected chi connectivity index (χ1v) is 14.7. The number of carbonyl (C=O) groups is 2. The van der Waals surface area contributed by atoms with Crippen molar-refractivity contribution in [3.63, 3.8) is 0 Å². The van der Waals surface area contributed by atoms with Gasteiger partial charge in [-0.15, -0.1) is 0 Å². The Kier molecular flexibility index (Phi) is 7.37. The Hall–Kier alpha value is -4.01. The number of nitrogens with two attached hydrogens (primary N) is 1. The molecule has 0 radical (unpaired) electrons. The number of aromatic nitrogens is 2. The molecule has 220 valence electrons. The molecule has 1 aliphatic carbocycles. The molecule has 0 atom stereocenters. The normalized spacial score (nSPS) is 20.0. The van der Waals surface area contributed by atoms with E-state index in [9.17, 15) is 18.4 Å². The van der Waals surface area contributed by atoms with Gasteiger partial charge in [-0.05, 0) is 90.8 Å². The summed E-state index contributed by atoms with van der Waals surface area (Å²) in [6, 6.07) is 8.04. The minimum absolute atomic E-state index is 0.000171. The van der Waals surface area contributed by atoms with Crippen molar-refractivity contribution in [1.82, 2.24) is 14.7 Å². The number of halogens is 2. The molecular formula is C33H37F2N5O2. The van der Waals surface area contributed by atoms with Crippen LogP contribution in [-0.4, -0.2) is 33.0 Å². The minimum Gasteiger partial charge on any atom is -0.366 e. The van der Waals surface area contributed by atoms with E-state index in [4.69, 9.17) is 5.73 Å². The van der Waals surface area contributed by atoms with Gasteiger partial charge in [0.05, 0.1) is 6.20 Å². The summed E-state index contributed by atoms with van der Waals surface area (Å²) in [4.78, 5) is 28.1. The maximum atomic E-state index is 14.5. The van der Waals surface area contributed by atoms with E-state index in [0.717, 1.165) is 66.6 Å². The van der Waals surface area contributed by atoms with Gasteiger partial charge in [0.1, 0.15) is 0 Å². The molecule has 2 amide bonds. The highest BCUT2D eigenvalue weighted by molar-refractivity contribution is 5.91. The smallest absolute Gasteiger partial charge is 0.264 e. The molecule has 2 aromatic carbocycles. The van der Waals surface area contributed by atoms with Crippen molar-refractivity contribution in [1.29, 1.82) is 0 Å². The van der Waals surface area contributed by atoms with Crippen molar-refractivity contribution in [2.45, 2.75) is 70.9 Å². The number of fused-ring (bicyclic) bond motifs is 2. The van der Waals surface area contributed by atoms with Gasteiger partial charge in [-0.2, -0.15) is 5.10 Å². The summed E-state index contributed by atoms with van der Waals surface area (Å²) in [6.07, 6.45) is 5.98. The Labute approximate surface area is 245 Å². The molecule has 0 saturated heterocycles. The number of aryl methyl sites for hydroxylation is 2. The van der Waals surface area contributed by atoms with Gasteiger partial charge in [-0.25, -0.2) is 8.78 Å². The van der Waals surface area contributed by atoms with E-state index in [1.807, 2.05) is 11.0 Å². The maximum absolute atomic E-state index is 14.5. The summed E-state index contributed by atoms with van der Waals surface area (Å²) in [5.41, 5.74) is 13.5. The number of anilines is 2. The number of benzene rings is 2. The fraction of sp³-hybridized carbons (Fsp3) is 0.424. The largest absolute Gasteiger partial charge is 0.366 e. The third kappa shape index (κ3) is 5.10. The van der Waals surface area contributed by atoms with Crippen LogP contribution >= 0.6 is 0 Å². The van der Waals surface area contributed by atoms with Crippen molar-refractivity contribution >= 4 is 23.2 Å². The molecule has 6 rings (SSSR count). The van der Waals surface area contributed by atoms with Crippen LogP contribution in [0.4, 0.5) is 20.2 Å². The Morgan fingerprint density at radius 2 is 1.81 bits per heavy atom. The van der Waals surface area contributed by atoms with E-state index < -0.39 is 12.3 Å². The molecule has 1 aromatic heterocycles. The van der Waals surface area contributed by atoms with E-state index in [0.29, 0.717) is 42.3 Å². The van der Waals surface area contributed by atoms with Crippen LogP contribution in [-0.2, 0) is 36.1 Å². The van der Waals surface area contributed by atoms with E-state index in [1.54, 1.807) is 37.1 Å². The molecular weight excluding hydrogens is 536 g/mol. The van der Waals surface area contributed by atoms with Gasteiger partial charge in [0, 0.05) is 73.4 Å². The molecule has 0 bridgehead atoms. The van der Waals surface area contributed by atoms with Gasteiger partial charge in [0.25, 0.3) is 6.43 Å². The number of hydrogen-bond acceptors (Lipinski definition) is 4. The summed E-state index contributed by atoms with van der Waals surface area (Å²) < 4.78 is 30.6. The van der Waals surface area contributed by atoms with Crippen LogP contribution in [0.5, 0.6) is 0 Å². The van der Waals surface area contributed by atoms with E-state index in [1.165, 1.54) is 5.56 Å². The van der Waals surface area contributed by atoms with Crippen molar-refractivity contribution in [2.75, 3.05) is 11.4 Å². The Morgan fingerprint density at radius 3 is 2.45 bits per heavy atom. The number of alkyl halides is 2. The molecule has 0 unspecified atom stereocenters. The number of amides is 2. The third-order valence-corrected chi connectivity index (χ3v) is 9.42. The van der Waals surface area contributed by atoms with E-state index in [2.05, 4.69) is 28.7 Å². The lowest BCUT2D eigenvalue weighted by atomic mass is 9.75. The van der Waals surface area contributed by atoms with Crippen LogP contribution in [0.2, 0.25) is 0 Å². The van der Waals surface area contributed by atoms with Crippen molar-refractivity contribution in [2.24, 2.45) is 18.7 Å². The first-order valence-electron chi connectivity index (χ1n) is 14.7. The monoisotopic (exact) mass is 573 g/mol. The Morgan fingerprint density at radius 1 is 1.05 bits per heavy atom. The SMILES string of the molecule is C=C(C(N)=O)C1CCC(c2cc3c(c(N4CCCc5cc(-c6cnn(C)c6)c(C(F)F)cc54)c2)CN(C(C)=O)C3)CC1. The lowest BCUT2D eigenvalue weighted by Gasteiger charge is -2.35. The van der Waals surface area contributed by atoms with Crippen LogP contribution in [0.1, 0.15) is 79.2 Å². The lowest BCUT2D eigenvalue weighted by Crippen LogP contribution is -2.27. The van der Waals surface area contributed by atoms with E-state index >= 15 is 0 Å². The van der Waals surface area contributed by atoms with Gasteiger partial charge in [0.15, 0.2) is 0 Å². The van der Waals surface area contributed by atoms with Gasteiger partial charge in [-0.1, -0.05) is 12.6 Å². The highest BCUT2D eigenvalue weighted by atomic mass is 19.3. The van der Waals surface area contributed by atoms with Crippen LogP contribution < -0.4 is 10.6 Å². The summed E-state index contributed by atoms with van der Waals surface area (Å²) in [5.74, 6) is -0.00618. The van der Waals surface area contributed by atoms with Crippen LogP contribution in [0.25, 0.3) is 11.1 Å². The molecule has 9 heteroatoms. The summed E-state index contributed by atoms with van der Waals surface area (Å²) >= 11 is 0. The van der Waals surface area contributed by atoms with E-state index in [-0.39, 0.29) is 17.4 Å². The zero-order valence-electron chi connectivity index (χ0n) is 24.2. The highest BCUT2D eigenvalue weighted by Crippen LogP contribution is 2.46. The average molecular weight is 574 g/mol. The standard InChI is InChI=1S/C33H37F2N5O2/c1-19(33(36)42)21-6-8-22(9-7-21)24-11-25-17-39(20(2)41)18-29(25)31(13-24)40-10-4-5-23-12-27(26-15-37-38(3)16-26)28(32(34)35)14-30(23)40/h11-16,21-22,32H,1,4-10,17-18H2,2-3H3,(H2,36,42). The molecule has 2 N–H and O–H groups in total. The Bertz CT molecular complexity index is 1570. The first kappa shape index (κ1) is 28.1. The van der Waals surface area contributed by atoms with Crippen LogP contribution in [0.3, 0.4) is 0 Å². The first-order chi connectivity index (χ1) is 20.1. The quantitative estimate of drug-likeness (QED) is 0.352. The molecule has 1 saturated carbocycles. The van der Waals surface area contributed by atoms with Gasteiger partial charge < -0.3 is 15.5 Å². The molecule has 1 fully saturated rings. The second kappa shape index (κ2) is 11.0. The topological polar surface area (TPSA) is 84.5 Å². The predicted molar refractivity (Wildman–Crippen MR) is 158 cm³/mol. The molecule has 42 heavy (non-hydrogen) atoms. The van der Waals surface area contributed by atoms with Gasteiger partial charge in [0.2, 0.25) is 11.8 Å². The van der Waals surface area contributed by atoms with Crippen molar-refractivity contribution < 1.29 is 18.4 Å². The molecule has 2 aliphatic heterocycles. The van der Waals surface area contributed by atoms with Gasteiger partial charge >= 0.3 is 0 Å². The molecule has 3 aromatic rings. The number of hydrogen-bond donors (Lipinski definition) is 1. The minimum atomic E-state index is -2.63. The molecule has 7 nitrogen and oxygen atoms in total. The number of nitrogens with zero attached hydrogens (tertiary/aromatic N) is 4. The summed E-state index contributed by atoms with van der Waals surface area (Å²) in [5, 5.41) is 4.21. The highest BCUT2D eigenvalue weighted by Gasteiger charge is 2.33. The maximum Gasteiger partial charge on any atom is 0.264 e. The zero-order chi connectivity index (χ0) is 29.7. The van der Waals surface area contributed by atoms with Crippen LogP contribution in [0.15, 0.2) is 48.8 Å². The molecule has 0 spiro atoms. The van der Waals surface area contributed by atoms with Gasteiger partial charge in [-0.3, -0.25) is 14.3 Å². The third-order valence-electron chi connectivity index (χ3n) is 9.42. The number of primary amides is 1. The van der Waals surface area contributed by atoms with Crippen molar-refractivity contribution in [3.8, 4) is 11.1 Å². The molecule has 3 aliphatic rings. The van der Waals surface area contributed by atoms with Crippen molar-refractivity contribution in [3.05, 3.63) is 76.6 Å². The average Bonchev–Trinajstić information content (AvgIpc) is 3.62. The summed E-state index contributed by atoms with van der Waals surface area (Å²) in [7, 11) is 1.78. The molecule has 3 heterocycles. The fourth-order valence-electron chi connectivity index (χ4n) is 7.08. The predicted octanol–water partition coefficient (Wildman–Crippen LogP) is 6.29. The number of carbonyl (C=O) groups excluding carboxylic acids is 2. The van der Waals surface area contributed by atoms with Crippen LogP contribution in [0, 0.1) is 5.92 Å². The second-order valence-corrected chi connectivity index (χ2v) is 12.0. The Balaban J connectivity index is 1.41. The zero-order valence-corrected chi connectivity index (χ0v) is 24.2. The second-order valence-electron chi connectivity index (χ2n) is 12.0. The lowest BCUT2D eigenvalue weighted by molar-refractivity contribution is -0.129. The summed E-state index contributed by atoms with van der Waals surface area (Å²) in [6.45, 7) is 7.26. The fourth-order valence-corrected chi connectivity index (χ4v) is 7.08.